The minimum atomic E-state index is -1.34. The summed E-state index contributed by atoms with van der Waals surface area (Å²) in [5.74, 6) is -5.29. The lowest BCUT2D eigenvalue weighted by atomic mass is 10.1. The van der Waals surface area contributed by atoms with Gasteiger partial charge in [0.1, 0.15) is 17.3 Å². The number of halogens is 4. The highest BCUT2D eigenvalue weighted by molar-refractivity contribution is 5.94. The van der Waals surface area contributed by atoms with Gasteiger partial charge in [-0.05, 0) is 36.4 Å². The van der Waals surface area contributed by atoms with E-state index in [9.17, 15) is 27.5 Å². The Morgan fingerprint density at radius 1 is 1.07 bits per heavy atom. The molecule has 1 heterocycles. The first-order valence-electron chi connectivity index (χ1n) is 7.71. The van der Waals surface area contributed by atoms with E-state index in [0.29, 0.717) is 11.6 Å². The Kier molecular flexibility index (Phi) is 4.85. The van der Waals surface area contributed by atoms with Gasteiger partial charge in [0.2, 0.25) is 5.95 Å². The van der Waals surface area contributed by atoms with Gasteiger partial charge in [-0.1, -0.05) is 0 Å². The summed E-state index contributed by atoms with van der Waals surface area (Å²) in [4.78, 5) is 15.7. The number of benzene rings is 2. The van der Waals surface area contributed by atoms with Crippen molar-refractivity contribution < 1.29 is 27.5 Å². The molecular formula is C18H13F4N3O2. The van der Waals surface area contributed by atoms with Gasteiger partial charge in [-0.15, -0.1) is 0 Å². The van der Waals surface area contributed by atoms with E-state index < -0.39 is 41.3 Å². The maximum Gasteiger partial charge on any atom is 0.354 e. The summed E-state index contributed by atoms with van der Waals surface area (Å²) < 4.78 is 55.1. The highest BCUT2D eigenvalue weighted by atomic mass is 19.2. The highest BCUT2D eigenvalue weighted by Gasteiger charge is 2.22. The minimum Gasteiger partial charge on any atom is -0.477 e. The highest BCUT2D eigenvalue weighted by Crippen LogP contribution is 2.27. The molecule has 0 aliphatic carbocycles. The van der Waals surface area contributed by atoms with Gasteiger partial charge in [-0.2, -0.15) is 0 Å². The summed E-state index contributed by atoms with van der Waals surface area (Å²) in [5, 5.41) is 12.1. The van der Waals surface area contributed by atoms with Gasteiger partial charge in [-0.25, -0.2) is 27.3 Å². The molecule has 2 aromatic carbocycles. The molecule has 0 atom stereocenters. The van der Waals surface area contributed by atoms with Crippen LogP contribution in [0.3, 0.4) is 0 Å². The van der Waals surface area contributed by atoms with E-state index in [4.69, 9.17) is 0 Å². The van der Waals surface area contributed by atoms with Crippen LogP contribution < -0.4 is 5.32 Å². The largest absolute Gasteiger partial charge is 0.477 e. The summed E-state index contributed by atoms with van der Waals surface area (Å²) in [5.41, 5.74) is -0.351. The van der Waals surface area contributed by atoms with Gasteiger partial charge in [-0.3, -0.25) is 0 Å². The van der Waals surface area contributed by atoms with Crippen LogP contribution in [0.25, 0.3) is 11.3 Å². The monoisotopic (exact) mass is 379 g/mol. The molecule has 0 bridgehead atoms. The Labute approximate surface area is 150 Å². The summed E-state index contributed by atoms with van der Waals surface area (Å²) in [6.07, 6.45) is 0. The van der Waals surface area contributed by atoms with Crippen LogP contribution in [-0.4, -0.2) is 20.6 Å². The fourth-order valence-electron chi connectivity index (χ4n) is 2.61. The molecule has 0 radical (unpaired) electrons. The number of hydrogen-bond donors (Lipinski definition) is 2. The Balaban J connectivity index is 1.98. The number of aromatic nitrogens is 2. The van der Waals surface area contributed by atoms with E-state index in [-0.39, 0.29) is 17.3 Å². The molecule has 9 heteroatoms. The molecule has 0 amide bonds. The van der Waals surface area contributed by atoms with Crippen LogP contribution in [0, 0.1) is 23.3 Å². The number of aromatic carboxylic acids is 1. The molecule has 2 N–H and O–H groups in total. The van der Waals surface area contributed by atoms with E-state index in [0.717, 1.165) is 18.2 Å². The lowest BCUT2D eigenvalue weighted by molar-refractivity contribution is 0.0687. The number of carboxylic acid groups (broad SMARTS) is 1. The molecule has 0 spiro atoms. The number of imidazole rings is 1. The molecule has 140 valence electrons. The topological polar surface area (TPSA) is 67.2 Å². The van der Waals surface area contributed by atoms with Crippen LogP contribution in [0.5, 0.6) is 0 Å². The zero-order valence-electron chi connectivity index (χ0n) is 13.9. The predicted molar refractivity (Wildman–Crippen MR) is 89.2 cm³/mol. The second kappa shape index (κ2) is 7.10. The summed E-state index contributed by atoms with van der Waals surface area (Å²) >= 11 is 0. The molecule has 0 fully saturated rings. The standard InChI is InChI=1S/C18H13F4N3O2/c1-25-16(17(26)27)15(9-2-4-10(19)5-3-9)24-18(25)23-8-11-12(20)6-7-13(21)14(11)22/h2-7H,8H2,1H3,(H,23,24)(H,26,27). The number of carbonyl (C=O) groups is 1. The molecular weight excluding hydrogens is 366 g/mol. The van der Waals surface area contributed by atoms with Gasteiger partial charge < -0.3 is 15.0 Å². The van der Waals surface area contributed by atoms with Gasteiger partial charge in [0.25, 0.3) is 0 Å². The lowest BCUT2D eigenvalue weighted by Gasteiger charge is -2.09. The van der Waals surface area contributed by atoms with Crippen molar-refractivity contribution in [3.05, 3.63) is 70.9 Å². The van der Waals surface area contributed by atoms with Gasteiger partial charge in [0.15, 0.2) is 17.3 Å². The van der Waals surface area contributed by atoms with Crippen molar-refractivity contribution in [3.63, 3.8) is 0 Å². The van der Waals surface area contributed by atoms with Crippen LogP contribution in [-0.2, 0) is 13.6 Å². The fourth-order valence-corrected chi connectivity index (χ4v) is 2.61. The van der Waals surface area contributed by atoms with Crippen molar-refractivity contribution in [2.75, 3.05) is 5.32 Å². The molecule has 0 unspecified atom stereocenters. The average molecular weight is 379 g/mol. The Hall–Kier alpha value is -3.36. The minimum absolute atomic E-state index is 0.00483. The van der Waals surface area contributed by atoms with Gasteiger partial charge >= 0.3 is 5.97 Å². The number of rotatable bonds is 5. The molecule has 0 aliphatic heterocycles. The summed E-state index contributed by atoms with van der Waals surface area (Å²) in [6.45, 7) is -0.456. The van der Waals surface area contributed by atoms with Crippen molar-refractivity contribution in [1.82, 2.24) is 9.55 Å². The first-order valence-corrected chi connectivity index (χ1v) is 7.71. The first-order chi connectivity index (χ1) is 12.8. The second-order valence-electron chi connectivity index (χ2n) is 5.68. The fraction of sp³-hybridized carbons (Fsp3) is 0.111. The number of anilines is 1. The van der Waals surface area contributed by atoms with Crippen LogP contribution >= 0.6 is 0 Å². The Bertz CT molecular complexity index is 1020. The molecule has 3 aromatic rings. The SMILES string of the molecule is Cn1c(NCc2c(F)ccc(F)c2F)nc(-c2ccc(F)cc2)c1C(=O)O. The van der Waals surface area contributed by atoms with Crippen LogP contribution in [0.15, 0.2) is 36.4 Å². The normalized spacial score (nSPS) is 10.9. The van der Waals surface area contributed by atoms with Crippen molar-refractivity contribution in [3.8, 4) is 11.3 Å². The van der Waals surface area contributed by atoms with E-state index in [1.807, 2.05) is 0 Å². The molecule has 0 saturated heterocycles. The lowest BCUT2D eigenvalue weighted by Crippen LogP contribution is -2.11. The molecule has 1 aromatic heterocycles. The third-order valence-corrected chi connectivity index (χ3v) is 3.98. The van der Waals surface area contributed by atoms with E-state index in [1.165, 1.54) is 23.7 Å². The van der Waals surface area contributed by atoms with E-state index >= 15 is 0 Å². The van der Waals surface area contributed by atoms with Crippen molar-refractivity contribution >= 4 is 11.9 Å². The smallest absolute Gasteiger partial charge is 0.354 e. The number of carboxylic acids is 1. The third kappa shape index (κ3) is 3.48. The Morgan fingerprint density at radius 3 is 2.33 bits per heavy atom. The summed E-state index contributed by atoms with van der Waals surface area (Å²) in [6, 6.07) is 6.49. The maximum atomic E-state index is 13.8. The zero-order chi connectivity index (χ0) is 19.7. The molecule has 0 saturated carbocycles. The number of nitrogens with zero attached hydrogens (tertiary/aromatic N) is 2. The maximum absolute atomic E-state index is 13.8. The van der Waals surface area contributed by atoms with E-state index in [2.05, 4.69) is 10.3 Å². The Morgan fingerprint density at radius 2 is 1.70 bits per heavy atom. The number of hydrogen-bond acceptors (Lipinski definition) is 3. The van der Waals surface area contributed by atoms with Crippen LogP contribution in [0.1, 0.15) is 16.1 Å². The van der Waals surface area contributed by atoms with Gasteiger partial charge in [0, 0.05) is 24.7 Å². The summed E-state index contributed by atoms with van der Waals surface area (Å²) in [7, 11) is 1.39. The quantitative estimate of drug-likeness (QED) is 0.520. The van der Waals surface area contributed by atoms with Crippen molar-refractivity contribution in [1.29, 1.82) is 0 Å². The molecule has 0 aliphatic rings. The first kappa shape index (κ1) is 18.4. The average Bonchev–Trinajstić information content (AvgIpc) is 2.96. The molecule has 5 nitrogen and oxygen atoms in total. The second-order valence-corrected chi connectivity index (χ2v) is 5.68. The molecule has 3 rings (SSSR count). The van der Waals surface area contributed by atoms with Crippen LogP contribution in [0.4, 0.5) is 23.5 Å². The van der Waals surface area contributed by atoms with E-state index in [1.54, 1.807) is 0 Å². The number of nitrogens with one attached hydrogen (secondary N) is 1. The van der Waals surface area contributed by atoms with Gasteiger partial charge in [0.05, 0.1) is 0 Å². The molecule has 27 heavy (non-hydrogen) atoms. The zero-order valence-corrected chi connectivity index (χ0v) is 13.9. The third-order valence-electron chi connectivity index (χ3n) is 3.98. The predicted octanol–water partition coefficient (Wildman–Crippen LogP) is 3.95. The van der Waals surface area contributed by atoms with Crippen molar-refractivity contribution in [2.24, 2.45) is 7.05 Å². The van der Waals surface area contributed by atoms with Crippen LogP contribution in [0.2, 0.25) is 0 Å². The van der Waals surface area contributed by atoms with Crippen molar-refractivity contribution in [2.45, 2.75) is 6.54 Å².